The van der Waals surface area contributed by atoms with Crippen molar-refractivity contribution in [1.82, 2.24) is 5.32 Å². The van der Waals surface area contributed by atoms with Crippen LogP contribution >= 0.6 is 0 Å². The molecule has 0 aromatic rings. The number of rotatable bonds is 8. The minimum atomic E-state index is 0.405. The monoisotopic (exact) mass is 217 g/mol. The van der Waals surface area contributed by atoms with E-state index in [4.69, 9.17) is 14.2 Å². The van der Waals surface area contributed by atoms with Crippen molar-refractivity contribution in [3.63, 3.8) is 0 Å². The zero-order valence-corrected chi connectivity index (χ0v) is 9.83. The van der Waals surface area contributed by atoms with Crippen molar-refractivity contribution in [2.45, 2.75) is 19.4 Å². The highest BCUT2D eigenvalue weighted by Crippen LogP contribution is 2.10. The lowest BCUT2D eigenvalue weighted by Gasteiger charge is -2.16. The molecule has 0 spiro atoms. The van der Waals surface area contributed by atoms with E-state index in [9.17, 15) is 0 Å². The van der Waals surface area contributed by atoms with Crippen LogP contribution in [0.3, 0.4) is 0 Å². The van der Waals surface area contributed by atoms with E-state index in [0.717, 1.165) is 26.4 Å². The molecule has 4 heteroatoms. The number of ether oxygens (including phenoxy) is 3. The van der Waals surface area contributed by atoms with Crippen molar-refractivity contribution in [2.24, 2.45) is 5.92 Å². The van der Waals surface area contributed by atoms with E-state index < -0.39 is 0 Å². The van der Waals surface area contributed by atoms with Crippen molar-refractivity contribution in [2.75, 3.05) is 46.7 Å². The maximum atomic E-state index is 5.43. The summed E-state index contributed by atoms with van der Waals surface area (Å²) in [7, 11) is 1.69. The Morgan fingerprint density at radius 1 is 1.47 bits per heavy atom. The molecule has 90 valence electrons. The lowest BCUT2D eigenvalue weighted by molar-refractivity contribution is 0.0604. The highest BCUT2D eigenvalue weighted by molar-refractivity contribution is 4.69. The molecule has 0 aromatic carbocycles. The third-order valence-electron chi connectivity index (χ3n) is 2.58. The van der Waals surface area contributed by atoms with Gasteiger partial charge in [0.1, 0.15) is 0 Å². The molecule has 1 saturated heterocycles. The van der Waals surface area contributed by atoms with Crippen LogP contribution in [0, 0.1) is 5.92 Å². The van der Waals surface area contributed by atoms with Crippen molar-refractivity contribution >= 4 is 0 Å². The standard InChI is InChI=1S/C11H23NO3/c1-10(8-15-6-5-13-2)12-7-11-3-4-14-9-11/h10-12H,3-9H2,1-2H3. The van der Waals surface area contributed by atoms with Gasteiger partial charge >= 0.3 is 0 Å². The third kappa shape index (κ3) is 6.10. The van der Waals surface area contributed by atoms with Crippen LogP contribution < -0.4 is 5.32 Å². The Kier molecular flexibility index (Phi) is 6.92. The summed E-state index contributed by atoms with van der Waals surface area (Å²) in [5.41, 5.74) is 0. The molecular formula is C11H23NO3. The highest BCUT2D eigenvalue weighted by atomic mass is 16.5. The fourth-order valence-corrected chi connectivity index (χ4v) is 1.57. The van der Waals surface area contributed by atoms with Gasteiger partial charge in [-0.05, 0) is 19.3 Å². The molecular weight excluding hydrogens is 194 g/mol. The Morgan fingerprint density at radius 2 is 2.33 bits per heavy atom. The van der Waals surface area contributed by atoms with Crippen LogP contribution in [0.1, 0.15) is 13.3 Å². The van der Waals surface area contributed by atoms with Gasteiger partial charge < -0.3 is 19.5 Å². The van der Waals surface area contributed by atoms with Gasteiger partial charge in [-0.1, -0.05) is 0 Å². The van der Waals surface area contributed by atoms with E-state index in [-0.39, 0.29) is 0 Å². The van der Waals surface area contributed by atoms with E-state index in [1.165, 1.54) is 6.42 Å². The zero-order chi connectivity index (χ0) is 10.9. The fourth-order valence-electron chi connectivity index (χ4n) is 1.57. The van der Waals surface area contributed by atoms with Crippen LogP contribution in [0.5, 0.6) is 0 Å². The largest absolute Gasteiger partial charge is 0.382 e. The topological polar surface area (TPSA) is 39.7 Å². The minimum absolute atomic E-state index is 0.405. The molecule has 0 amide bonds. The first-order valence-corrected chi connectivity index (χ1v) is 5.70. The maximum absolute atomic E-state index is 5.43. The molecule has 0 radical (unpaired) electrons. The first kappa shape index (κ1) is 12.9. The van der Waals surface area contributed by atoms with E-state index in [1.807, 2.05) is 0 Å². The highest BCUT2D eigenvalue weighted by Gasteiger charge is 2.15. The van der Waals surface area contributed by atoms with Crippen molar-refractivity contribution in [3.8, 4) is 0 Å². The van der Waals surface area contributed by atoms with Crippen molar-refractivity contribution < 1.29 is 14.2 Å². The summed E-state index contributed by atoms with van der Waals surface area (Å²) in [6, 6.07) is 0.405. The van der Waals surface area contributed by atoms with Crippen molar-refractivity contribution in [1.29, 1.82) is 0 Å². The number of hydrogen-bond donors (Lipinski definition) is 1. The molecule has 0 bridgehead atoms. The quantitative estimate of drug-likeness (QED) is 0.606. The van der Waals surface area contributed by atoms with Crippen LogP contribution in [-0.4, -0.2) is 52.7 Å². The predicted octanol–water partition coefficient (Wildman–Crippen LogP) is 0.664. The zero-order valence-electron chi connectivity index (χ0n) is 9.83. The van der Waals surface area contributed by atoms with Gasteiger partial charge in [-0.25, -0.2) is 0 Å². The van der Waals surface area contributed by atoms with Gasteiger partial charge in [0.15, 0.2) is 0 Å². The van der Waals surface area contributed by atoms with Crippen LogP contribution in [-0.2, 0) is 14.2 Å². The SMILES string of the molecule is COCCOCC(C)NCC1CCOC1. The molecule has 1 N–H and O–H groups in total. The Labute approximate surface area is 92.3 Å². The number of hydrogen-bond acceptors (Lipinski definition) is 4. The normalized spacial score (nSPS) is 23.2. The van der Waals surface area contributed by atoms with Crippen LogP contribution in [0.2, 0.25) is 0 Å². The molecule has 0 saturated carbocycles. The summed E-state index contributed by atoms with van der Waals surface area (Å²) in [5, 5.41) is 3.46. The molecule has 2 atom stereocenters. The molecule has 0 aliphatic carbocycles. The Hall–Kier alpha value is -0.160. The van der Waals surface area contributed by atoms with Crippen LogP contribution in [0.15, 0.2) is 0 Å². The van der Waals surface area contributed by atoms with E-state index >= 15 is 0 Å². The Balaban J connectivity index is 1.90. The van der Waals surface area contributed by atoms with Gasteiger partial charge in [0.25, 0.3) is 0 Å². The third-order valence-corrected chi connectivity index (χ3v) is 2.58. The molecule has 1 rings (SSSR count). The summed E-state index contributed by atoms with van der Waals surface area (Å²) in [5.74, 6) is 0.687. The molecule has 1 fully saturated rings. The molecule has 1 aliphatic rings. The maximum Gasteiger partial charge on any atom is 0.0701 e. The lowest BCUT2D eigenvalue weighted by atomic mass is 10.1. The first-order valence-electron chi connectivity index (χ1n) is 5.70. The van der Waals surface area contributed by atoms with Gasteiger partial charge in [-0.3, -0.25) is 0 Å². The van der Waals surface area contributed by atoms with Crippen LogP contribution in [0.4, 0.5) is 0 Å². The Bertz CT molecular complexity index is 149. The molecule has 15 heavy (non-hydrogen) atoms. The van der Waals surface area contributed by atoms with Crippen molar-refractivity contribution in [3.05, 3.63) is 0 Å². The molecule has 0 aromatic heterocycles. The first-order chi connectivity index (χ1) is 7.33. The lowest BCUT2D eigenvalue weighted by Crippen LogP contribution is -2.35. The molecule has 4 nitrogen and oxygen atoms in total. The average Bonchev–Trinajstić information content (AvgIpc) is 2.74. The molecule has 1 aliphatic heterocycles. The summed E-state index contributed by atoms with van der Waals surface area (Å²) < 4.78 is 15.6. The van der Waals surface area contributed by atoms with E-state index in [2.05, 4.69) is 12.2 Å². The van der Waals surface area contributed by atoms with Gasteiger partial charge in [0.2, 0.25) is 0 Å². The van der Waals surface area contributed by atoms with Crippen LogP contribution in [0.25, 0.3) is 0 Å². The number of nitrogens with one attached hydrogen (secondary N) is 1. The predicted molar refractivity (Wildman–Crippen MR) is 59.1 cm³/mol. The summed E-state index contributed by atoms with van der Waals surface area (Å²) in [6.45, 7) is 7.10. The number of methoxy groups -OCH3 is 1. The minimum Gasteiger partial charge on any atom is -0.382 e. The molecule has 2 unspecified atom stereocenters. The second-order valence-corrected chi connectivity index (χ2v) is 4.11. The second-order valence-electron chi connectivity index (χ2n) is 4.11. The summed E-state index contributed by atoms with van der Waals surface area (Å²) in [4.78, 5) is 0. The molecule has 1 heterocycles. The average molecular weight is 217 g/mol. The van der Waals surface area contributed by atoms with Gasteiger partial charge in [0, 0.05) is 26.3 Å². The van der Waals surface area contributed by atoms with Gasteiger partial charge in [-0.15, -0.1) is 0 Å². The fraction of sp³-hybridized carbons (Fsp3) is 1.00. The summed E-state index contributed by atoms with van der Waals surface area (Å²) in [6.07, 6.45) is 1.18. The van der Waals surface area contributed by atoms with E-state index in [0.29, 0.717) is 25.2 Å². The van der Waals surface area contributed by atoms with Gasteiger partial charge in [-0.2, -0.15) is 0 Å². The second kappa shape index (κ2) is 8.05. The Morgan fingerprint density at radius 3 is 3.00 bits per heavy atom. The van der Waals surface area contributed by atoms with E-state index in [1.54, 1.807) is 7.11 Å². The smallest absolute Gasteiger partial charge is 0.0701 e. The van der Waals surface area contributed by atoms with Gasteiger partial charge in [0.05, 0.1) is 26.4 Å². The summed E-state index contributed by atoms with van der Waals surface area (Å²) >= 11 is 0.